The normalized spacial score (nSPS) is 24.4. The Balaban J connectivity index is 2.57. The maximum Gasteiger partial charge on any atom is 0.323 e. The number of carbonyl (C=O) groups excluding carboxylic acids is 2. The Kier molecular flexibility index (Phi) is 5.14. The van der Waals surface area contributed by atoms with Gasteiger partial charge < -0.3 is 14.8 Å². The highest BCUT2D eigenvalue weighted by atomic mass is 16.6. The van der Waals surface area contributed by atoms with Gasteiger partial charge in [0.1, 0.15) is 11.6 Å². The summed E-state index contributed by atoms with van der Waals surface area (Å²) in [5, 5.41) is 3.11. The summed E-state index contributed by atoms with van der Waals surface area (Å²) in [5.41, 5.74) is -0.486. The van der Waals surface area contributed by atoms with E-state index in [1.54, 1.807) is 0 Å². The van der Waals surface area contributed by atoms with E-state index in [0.717, 1.165) is 19.4 Å². The van der Waals surface area contributed by atoms with Gasteiger partial charge in [-0.3, -0.25) is 9.59 Å². The highest BCUT2D eigenvalue weighted by Gasteiger charge is 2.33. The summed E-state index contributed by atoms with van der Waals surface area (Å²) in [5.74, 6) is -0.602. The maximum absolute atomic E-state index is 11.8. The lowest BCUT2D eigenvalue weighted by atomic mass is 9.88. The van der Waals surface area contributed by atoms with Crippen LogP contribution in [0, 0.1) is 5.92 Å². The van der Waals surface area contributed by atoms with Gasteiger partial charge in [0.15, 0.2) is 0 Å². The zero-order valence-corrected chi connectivity index (χ0v) is 11.6. The van der Waals surface area contributed by atoms with Gasteiger partial charge in [-0.15, -0.1) is 0 Å². The number of methoxy groups -OCH3 is 1. The molecule has 0 amide bonds. The molecule has 1 heterocycles. The largest absolute Gasteiger partial charge is 0.468 e. The van der Waals surface area contributed by atoms with E-state index in [1.165, 1.54) is 7.11 Å². The average molecular weight is 257 g/mol. The van der Waals surface area contributed by atoms with Crippen molar-refractivity contribution >= 4 is 11.9 Å². The van der Waals surface area contributed by atoms with Crippen LogP contribution in [0.2, 0.25) is 0 Å². The quantitative estimate of drug-likeness (QED) is 0.771. The molecule has 5 heteroatoms. The van der Waals surface area contributed by atoms with Gasteiger partial charge in [-0.25, -0.2) is 0 Å². The second-order valence-electron chi connectivity index (χ2n) is 5.65. The third-order valence-electron chi connectivity index (χ3n) is 2.89. The number of rotatable bonds is 3. The molecule has 0 saturated carbocycles. The van der Waals surface area contributed by atoms with Crippen LogP contribution in [0.3, 0.4) is 0 Å². The molecule has 0 spiro atoms. The summed E-state index contributed by atoms with van der Waals surface area (Å²) in [4.78, 5) is 23.4. The Morgan fingerprint density at radius 3 is 2.56 bits per heavy atom. The molecule has 1 aliphatic heterocycles. The van der Waals surface area contributed by atoms with E-state index in [2.05, 4.69) is 5.32 Å². The van der Waals surface area contributed by atoms with Crippen molar-refractivity contribution in [1.82, 2.24) is 5.32 Å². The third kappa shape index (κ3) is 4.64. The topological polar surface area (TPSA) is 64.6 Å². The van der Waals surface area contributed by atoms with Crippen molar-refractivity contribution < 1.29 is 19.1 Å². The van der Waals surface area contributed by atoms with E-state index >= 15 is 0 Å². The lowest BCUT2D eigenvalue weighted by Gasteiger charge is -2.30. The summed E-state index contributed by atoms with van der Waals surface area (Å²) >= 11 is 0. The van der Waals surface area contributed by atoms with E-state index in [4.69, 9.17) is 9.47 Å². The summed E-state index contributed by atoms with van der Waals surface area (Å²) in [6.07, 6.45) is 2.05. The Bertz CT molecular complexity index is 309. The Morgan fingerprint density at radius 2 is 2.00 bits per heavy atom. The van der Waals surface area contributed by atoms with E-state index in [1.807, 2.05) is 20.8 Å². The van der Waals surface area contributed by atoms with Crippen molar-refractivity contribution in [3.63, 3.8) is 0 Å². The number of nitrogens with one attached hydrogen (secondary N) is 1. The molecular formula is C13H23NO4. The number of piperidine rings is 1. The van der Waals surface area contributed by atoms with Crippen LogP contribution >= 0.6 is 0 Å². The van der Waals surface area contributed by atoms with E-state index in [9.17, 15) is 9.59 Å². The van der Waals surface area contributed by atoms with Crippen LogP contribution in [-0.4, -0.2) is 37.2 Å². The van der Waals surface area contributed by atoms with Gasteiger partial charge in [0, 0.05) is 0 Å². The summed E-state index contributed by atoms with van der Waals surface area (Å²) in [6.45, 7) is 6.29. The molecule has 1 fully saturated rings. The molecule has 0 bridgehead atoms. The van der Waals surface area contributed by atoms with Crippen molar-refractivity contribution in [3.8, 4) is 0 Å². The van der Waals surface area contributed by atoms with Gasteiger partial charge in [0.25, 0.3) is 0 Å². The first kappa shape index (κ1) is 15.0. The highest BCUT2D eigenvalue weighted by molar-refractivity contribution is 5.78. The van der Waals surface area contributed by atoms with Gasteiger partial charge in [-0.2, -0.15) is 0 Å². The van der Waals surface area contributed by atoms with E-state index in [-0.39, 0.29) is 24.3 Å². The van der Waals surface area contributed by atoms with Gasteiger partial charge >= 0.3 is 11.9 Å². The molecule has 1 rings (SSSR count). The molecule has 1 N–H and O–H groups in total. The fraction of sp³-hybridized carbons (Fsp3) is 0.846. The third-order valence-corrected chi connectivity index (χ3v) is 2.89. The molecule has 0 aromatic heterocycles. The van der Waals surface area contributed by atoms with Gasteiger partial charge in [0.05, 0.1) is 13.5 Å². The van der Waals surface area contributed by atoms with Crippen molar-refractivity contribution in [2.24, 2.45) is 5.92 Å². The maximum atomic E-state index is 11.8. The number of carbonyl (C=O) groups is 2. The number of esters is 2. The van der Waals surface area contributed by atoms with Crippen LogP contribution in [0.5, 0.6) is 0 Å². The molecule has 2 unspecified atom stereocenters. The minimum Gasteiger partial charge on any atom is -0.468 e. The molecule has 0 aliphatic carbocycles. The van der Waals surface area contributed by atoms with Crippen molar-refractivity contribution in [2.45, 2.75) is 51.7 Å². The lowest BCUT2D eigenvalue weighted by Crippen LogP contribution is -2.48. The van der Waals surface area contributed by atoms with E-state index < -0.39 is 11.6 Å². The number of hydrogen-bond donors (Lipinski definition) is 1. The van der Waals surface area contributed by atoms with E-state index in [0.29, 0.717) is 0 Å². The highest BCUT2D eigenvalue weighted by Crippen LogP contribution is 2.23. The average Bonchev–Trinajstić information content (AvgIpc) is 2.26. The Labute approximate surface area is 108 Å². The zero-order chi connectivity index (χ0) is 13.8. The predicted octanol–water partition coefficient (Wildman–Crippen LogP) is 1.26. The summed E-state index contributed by atoms with van der Waals surface area (Å²) in [6, 6.07) is -0.392. The summed E-state index contributed by atoms with van der Waals surface area (Å²) < 4.78 is 10.0. The van der Waals surface area contributed by atoms with Crippen molar-refractivity contribution in [2.75, 3.05) is 13.7 Å². The SMILES string of the molecule is COC(=O)C1NCCCC1CC(=O)OC(C)(C)C. The molecule has 104 valence electrons. The van der Waals surface area contributed by atoms with Crippen LogP contribution < -0.4 is 5.32 Å². The molecule has 1 saturated heterocycles. The van der Waals surface area contributed by atoms with Crippen molar-refractivity contribution in [3.05, 3.63) is 0 Å². The number of ether oxygens (including phenoxy) is 2. The fourth-order valence-electron chi connectivity index (χ4n) is 2.18. The molecule has 18 heavy (non-hydrogen) atoms. The van der Waals surface area contributed by atoms with Gasteiger partial charge in [-0.1, -0.05) is 0 Å². The first-order chi connectivity index (χ1) is 8.33. The molecule has 0 aromatic rings. The molecule has 2 atom stereocenters. The molecule has 1 aliphatic rings. The van der Waals surface area contributed by atoms with Crippen LogP contribution in [0.25, 0.3) is 0 Å². The number of hydrogen-bond acceptors (Lipinski definition) is 5. The summed E-state index contributed by atoms with van der Waals surface area (Å²) in [7, 11) is 1.36. The Morgan fingerprint density at radius 1 is 1.33 bits per heavy atom. The molecule has 5 nitrogen and oxygen atoms in total. The minimum absolute atomic E-state index is 0.0407. The Hall–Kier alpha value is -1.10. The predicted molar refractivity (Wildman–Crippen MR) is 67.0 cm³/mol. The van der Waals surface area contributed by atoms with Crippen molar-refractivity contribution in [1.29, 1.82) is 0 Å². The standard InChI is InChI=1S/C13H23NO4/c1-13(2,3)18-10(15)8-9-6-5-7-14-11(9)12(16)17-4/h9,11,14H,5-8H2,1-4H3. The second kappa shape index (κ2) is 6.18. The second-order valence-corrected chi connectivity index (χ2v) is 5.65. The first-order valence-corrected chi connectivity index (χ1v) is 6.36. The minimum atomic E-state index is -0.486. The van der Waals surface area contributed by atoms with Gasteiger partial charge in [-0.05, 0) is 46.1 Å². The molecular weight excluding hydrogens is 234 g/mol. The van der Waals surface area contributed by atoms with Crippen LogP contribution in [0.15, 0.2) is 0 Å². The molecule has 0 radical (unpaired) electrons. The van der Waals surface area contributed by atoms with Gasteiger partial charge in [0.2, 0.25) is 0 Å². The smallest absolute Gasteiger partial charge is 0.323 e. The monoisotopic (exact) mass is 257 g/mol. The lowest BCUT2D eigenvalue weighted by molar-refractivity contribution is -0.157. The molecule has 0 aromatic carbocycles. The van der Waals surface area contributed by atoms with Crippen LogP contribution in [0.4, 0.5) is 0 Å². The first-order valence-electron chi connectivity index (χ1n) is 6.36. The van der Waals surface area contributed by atoms with Crippen LogP contribution in [-0.2, 0) is 19.1 Å². The fourth-order valence-corrected chi connectivity index (χ4v) is 2.18. The zero-order valence-electron chi connectivity index (χ0n) is 11.6. The van der Waals surface area contributed by atoms with Crippen LogP contribution in [0.1, 0.15) is 40.0 Å².